The van der Waals surface area contributed by atoms with E-state index in [9.17, 15) is 4.79 Å². The predicted molar refractivity (Wildman–Crippen MR) is 112 cm³/mol. The third-order valence-electron chi connectivity index (χ3n) is 3.49. The van der Waals surface area contributed by atoms with E-state index in [1.165, 1.54) is 0 Å². The average molecular weight is 398 g/mol. The van der Waals surface area contributed by atoms with Gasteiger partial charge in [0.15, 0.2) is 5.96 Å². The molecule has 154 valence electrons. The number of amides is 1. The molecule has 1 aromatic heterocycles. The quantitative estimate of drug-likeness (QED) is 0.523. The van der Waals surface area contributed by atoms with Crippen LogP contribution < -0.4 is 16.0 Å². The fourth-order valence-corrected chi connectivity index (χ4v) is 3.01. The van der Waals surface area contributed by atoms with Crippen molar-refractivity contribution in [3.05, 3.63) is 16.1 Å². The van der Waals surface area contributed by atoms with Crippen LogP contribution in [0.1, 0.15) is 66.1 Å². The Hall–Kier alpha value is -1.83. The molecular weight excluding hydrogens is 362 g/mol. The molecule has 8 heteroatoms. The molecule has 0 saturated carbocycles. The Labute approximate surface area is 167 Å². The molecular formula is C19H35N5O2S. The second-order valence-corrected chi connectivity index (χ2v) is 10.1. The van der Waals surface area contributed by atoms with Crippen molar-refractivity contribution in [3.63, 3.8) is 0 Å². The Kier molecular flexibility index (Phi) is 7.66. The van der Waals surface area contributed by atoms with Crippen molar-refractivity contribution in [3.8, 4) is 0 Å². The lowest BCUT2D eigenvalue weighted by molar-refractivity contribution is 0.0474. The lowest BCUT2D eigenvalue weighted by Gasteiger charge is -2.29. The van der Waals surface area contributed by atoms with Crippen LogP contribution in [-0.4, -0.2) is 41.8 Å². The van der Waals surface area contributed by atoms with Gasteiger partial charge in [0.25, 0.3) is 0 Å². The molecule has 0 radical (unpaired) electrons. The first-order chi connectivity index (χ1) is 12.2. The molecule has 0 aliphatic carbocycles. The third kappa shape index (κ3) is 9.08. The van der Waals surface area contributed by atoms with Gasteiger partial charge in [-0.2, -0.15) is 0 Å². The van der Waals surface area contributed by atoms with Crippen LogP contribution in [0.25, 0.3) is 0 Å². The Balaban J connectivity index is 2.51. The van der Waals surface area contributed by atoms with Gasteiger partial charge >= 0.3 is 6.09 Å². The van der Waals surface area contributed by atoms with E-state index in [2.05, 4.69) is 52.1 Å². The van der Waals surface area contributed by atoms with Gasteiger partial charge in [-0.25, -0.2) is 9.78 Å². The molecule has 1 rings (SSSR count). The van der Waals surface area contributed by atoms with Gasteiger partial charge in [0.1, 0.15) is 10.6 Å². The van der Waals surface area contributed by atoms with Gasteiger partial charge < -0.3 is 20.7 Å². The minimum absolute atomic E-state index is 0.0477. The van der Waals surface area contributed by atoms with Gasteiger partial charge in [-0.15, -0.1) is 11.3 Å². The van der Waals surface area contributed by atoms with Crippen molar-refractivity contribution in [1.29, 1.82) is 0 Å². The minimum atomic E-state index is -0.523. The molecule has 1 aromatic rings. The lowest BCUT2D eigenvalue weighted by atomic mass is 9.93. The van der Waals surface area contributed by atoms with E-state index in [0.29, 0.717) is 19.0 Å². The number of alkyl carbamates (subject to hydrolysis) is 1. The second kappa shape index (κ2) is 8.91. The molecule has 0 aliphatic heterocycles. The molecule has 0 unspecified atom stereocenters. The number of aliphatic imine (C=N–C) groups is 1. The number of guanidine groups is 1. The van der Waals surface area contributed by atoms with Crippen LogP contribution in [0.4, 0.5) is 4.79 Å². The molecule has 7 nitrogen and oxygen atoms in total. The average Bonchev–Trinajstić information content (AvgIpc) is 2.93. The van der Waals surface area contributed by atoms with Crippen molar-refractivity contribution >= 4 is 23.4 Å². The summed E-state index contributed by atoms with van der Waals surface area (Å²) in [6.07, 6.45) is -0.435. The van der Waals surface area contributed by atoms with Crippen LogP contribution in [0.5, 0.6) is 0 Å². The number of nitrogens with one attached hydrogen (secondary N) is 3. The topological polar surface area (TPSA) is 87.6 Å². The molecule has 0 atom stereocenters. The zero-order valence-electron chi connectivity index (χ0n) is 18.1. The van der Waals surface area contributed by atoms with E-state index in [0.717, 1.165) is 10.7 Å². The Bertz CT molecular complexity index is 654. The Morgan fingerprint density at radius 3 is 2.26 bits per heavy atom. The molecule has 0 spiro atoms. The molecule has 0 saturated heterocycles. The van der Waals surface area contributed by atoms with Gasteiger partial charge in [0.05, 0.1) is 17.8 Å². The van der Waals surface area contributed by atoms with Crippen molar-refractivity contribution in [2.75, 3.05) is 13.6 Å². The summed E-state index contributed by atoms with van der Waals surface area (Å²) < 4.78 is 5.31. The molecule has 3 N–H and O–H groups in total. The molecule has 1 amide bonds. The molecule has 0 aromatic carbocycles. The first-order valence-corrected chi connectivity index (χ1v) is 10.0. The van der Waals surface area contributed by atoms with Gasteiger partial charge in [-0.1, -0.05) is 20.8 Å². The maximum atomic E-state index is 12.0. The van der Waals surface area contributed by atoms with Gasteiger partial charge in [-0.3, -0.25) is 4.99 Å². The highest BCUT2D eigenvalue weighted by Gasteiger charge is 2.25. The number of nitrogens with zero attached hydrogens (tertiary/aromatic N) is 2. The molecule has 0 aliphatic rings. The lowest BCUT2D eigenvalue weighted by Crippen LogP contribution is -2.54. The highest BCUT2D eigenvalue weighted by molar-refractivity contribution is 7.09. The summed E-state index contributed by atoms with van der Waals surface area (Å²) in [7, 11) is 1.71. The number of rotatable bonds is 5. The van der Waals surface area contributed by atoms with Crippen LogP contribution in [-0.2, 0) is 16.7 Å². The highest BCUT2D eigenvalue weighted by atomic mass is 32.1. The fourth-order valence-electron chi connectivity index (χ4n) is 2.05. The first kappa shape index (κ1) is 23.2. The van der Waals surface area contributed by atoms with E-state index in [-0.39, 0.29) is 5.41 Å². The number of carbonyl (C=O) groups excluding carboxylic acids is 1. The zero-order chi connectivity index (χ0) is 20.9. The molecule has 1 heterocycles. The van der Waals surface area contributed by atoms with Crippen molar-refractivity contribution in [2.24, 2.45) is 4.99 Å². The SMILES string of the molecule is CN=C(NCc1nc(C(C)(C)C)cs1)NCC(C)(C)NC(=O)OC(C)(C)C. The number of hydrogen-bond donors (Lipinski definition) is 3. The van der Waals surface area contributed by atoms with Crippen LogP contribution in [0.3, 0.4) is 0 Å². The van der Waals surface area contributed by atoms with E-state index >= 15 is 0 Å². The summed E-state index contributed by atoms with van der Waals surface area (Å²) in [6, 6.07) is 0. The van der Waals surface area contributed by atoms with Crippen LogP contribution in [0.2, 0.25) is 0 Å². The smallest absolute Gasteiger partial charge is 0.408 e. The van der Waals surface area contributed by atoms with E-state index < -0.39 is 17.2 Å². The normalized spacial score (nSPS) is 13.3. The molecule has 0 fully saturated rings. The van der Waals surface area contributed by atoms with E-state index in [1.54, 1.807) is 18.4 Å². The summed E-state index contributed by atoms with van der Waals surface area (Å²) in [5.41, 5.74) is 0.118. The van der Waals surface area contributed by atoms with Gasteiger partial charge in [0, 0.05) is 24.4 Å². The summed E-state index contributed by atoms with van der Waals surface area (Å²) >= 11 is 1.64. The highest BCUT2D eigenvalue weighted by Crippen LogP contribution is 2.23. The summed E-state index contributed by atoms with van der Waals surface area (Å²) in [6.45, 7) is 16.9. The van der Waals surface area contributed by atoms with Crippen molar-refractivity contribution in [2.45, 2.75) is 78.5 Å². The maximum Gasteiger partial charge on any atom is 0.408 e. The molecule has 27 heavy (non-hydrogen) atoms. The van der Waals surface area contributed by atoms with Crippen molar-refractivity contribution in [1.82, 2.24) is 20.9 Å². The maximum absolute atomic E-state index is 12.0. The summed E-state index contributed by atoms with van der Waals surface area (Å²) in [5.74, 6) is 0.654. The zero-order valence-corrected chi connectivity index (χ0v) is 18.9. The predicted octanol–water partition coefficient (Wildman–Crippen LogP) is 3.41. The Morgan fingerprint density at radius 1 is 1.15 bits per heavy atom. The number of aromatic nitrogens is 1. The van der Waals surface area contributed by atoms with E-state index in [1.807, 2.05) is 34.6 Å². The summed E-state index contributed by atoms with van der Waals surface area (Å²) in [4.78, 5) is 20.9. The Morgan fingerprint density at radius 2 is 1.78 bits per heavy atom. The fraction of sp³-hybridized carbons (Fsp3) is 0.737. The molecule has 0 bridgehead atoms. The standard InChI is InChI=1S/C19H35N5O2S/c1-17(2,3)13-11-27-14(23-13)10-21-15(20-9)22-12-19(7,8)24-16(25)26-18(4,5)6/h11H,10,12H2,1-9H3,(H,24,25)(H2,20,21,22). The number of ether oxygens (including phenoxy) is 1. The first-order valence-electron chi connectivity index (χ1n) is 9.12. The van der Waals surface area contributed by atoms with Gasteiger partial charge in [-0.05, 0) is 34.6 Å². The third-order valence-corrected chi connectivity index (χ3v) is 4.34. The number of thiazole rings is 1. The van der Waals surface area contributed by atoms with Crippen LogP contribution in [0, 0.1) is 0 Å². The van der Waals surface area contributed by atoms with E-state index in [4.69, 9.17) is 4.74 Å². The van der Waals surface area contributed by atoms with Crippen molar-refractivity contribution < 1.29 is 9.53 Å². The van der Waals surface area contributed by atoms with Gasteiger partial charge in [0.2, 0.25) is 0 Å². The summed E-state index contributed by atoms with van der Waals surface area (Å²) in [5, 5.41) is 12.5. The monoisotopic (exact) mass is 397 g/mol. The number of hydrogen-bond acceptors (Lipinski definition) is 5. The van der Waals surface area contributed by atoms with Crippen LogP contribution in [0.15, 0.2) is 10.4 Å². The number of carbonyl (C=O) groups is 1. The largest absolute Gasteiger partial charge is 0.444 e. The minimum Gasteiger partial charge on any atom is -0.444 e. The van der Waals surface area contributed by atoms with Crippen LogP contribution >= 0.6 is 11.3 Å². The second-order valence-electron chi connectivity index (χ2n) is 9.17.